The number of cyclic esters (lactones) is 1. The molecule has 1 fully saturated rings. The largest absolute Gasteiger partial charge is 0.461 e. The molecule has 2 unspecified atom stereocenters. The minimum Gasteiger partial charge on any atom is -0.461 e. The zero-order valence-electron chi connectivity index (χ0n) is 13.0. The van der Waals surface area contributed by atoms with Crippen LogP contribution in [0.3, 0.4) is 0 Å². The lowest BCUT2D eigenvalue weighted by atomic mass is 9.92. The maximum atomic E-state index is 12.2. The Bertz CT molecular complexity index is 636. The van der Waals surface area contributed by atoms with Crippen LogP contribution in [0.5, 0.6) is 0 Å². The van der Waals surface area contributed by atoms with Crippen molar-refractivity contribution < 1.29 is 28.6 Å². The second-order valence-corrected chi connectivity index (χ2v) is 5.45. The normalized spacial score (nSPS) is 21.2. The van der Waals surface area contributed by atoms with E-state index in [1.165, 1.54) is 13.8 Å². The van der Waals surface area contributed by atoms with Crippen molar-refractivity contribution in [3.8, 4) is 0 Å². The van der Waals surface area contributed by atoms with Crippen molar-refractivity contribution in [2.24, 2.45) is 0 Å². The van der Waals surface area contributed by atoms with Gasteiger partial charge in [-0.1, -0.05) is 36.9 Å². The highest BCUT2D eigenvalue weighted by molar-refractivity contribution is 5.89. The highest BCUT2D eigenvalue weighted by Crippen LogP contribution is 2.35. The fraction of sp³-hybridized carbons (Fsp3) is 0.353. The van der Waals surface area contributed by atoms with E-state index in [-0.39, 0.29) is 18.6 Å². The third kappa shape index (κ3) is 3.77. The standard InChI is InChI=1S/C17H18O6/c1-11(2)15(19)22-12(3)16(20)23-17(9-14(18)21-10-17)13-7-5-4-6-8-13/h4-8,12H,1,9-10H2,2-3H3. The second kappa shape index (κ2) is 6.64. The summed E-state index contributed by atoms with van der Waals surface area (Å²) >= 11 is 0. The van der Waals surface area contributed by atoms with E-state index >= 15 is 0 Å². The number of carbonyl (C=O) groups is 3. The monoisotopic (exact) mass is 318 g/mol. The molecule has 2 atom stereocenters. The molecule has 0 spiro atoms. The van der Waals surface area contributed by atoms with Crippen LogP contribution in [0.4, 0.5) is 0 Å². The third-order valence-corrected chi connectivity index (χ3v) is 3.46. The Hall–Kier alpha value is -2.63. The van der Waals surface area contributed by atoms with Gasteiger partial charge in [-0.15, -0.1) is 0 Å². The molecule has 1 aliphatic rings. The molecule has 0 aromatic heterocycles. The number of rotatable bonds is 5. The van der Waals surface area contributed by atoms with Gasteiger partial charge in [-0.05, 0) is 19.4 Å². The van der Waals surface area contributed by atoms with E-state index in [2.05, 4.69) is 6.58 Å². The van der Waals surface area contributed by atoms with E-state index in [0.717, 1.165) is 0 Å². The first-order chi connectivity index (χ1) is 10.8. The van der Waals surface area contributed by atoms with Gasteiger partial charge in [-0.25, -0.2) is 9.59 Å². The molecule has 0 aliphatic carbocycles. The molecule has 0 bridgehead atoms. The number of carbonyl (C=O) groups excluding carboxylic acids is 3. The molecule has 1 heterocycles. The van der Waals surface area contributed by atoms with E-state index in [1.807, 2.05) is 6.07 Å². The third-order valence-electron chi connectivity index (χ3n) is 3.46. The summed E-state index contributed by atoms with van der Waals surface area (Å²) in [7, 11) is 0. The van der Waals surface area contributed by atoms with Crippen molar-refractivity contribution in [2.75, 3.05) is 6.61 Å². The molecule has 23 heavy (non-hydrogen) atoms. The fourth-order valence-corrected chi connectivity index (χ4v) is 2.17. The minimum absolute atomic E-state index is 0.0667. The quantitative estimate of drug-likeness (QED) is 0.468. The van der Waals surface area contributed by atoms with Crippen LogP contribution in [0.2, 0.25) is 0 Å². The Kier molecular flexibility index (Phi) is 4.83. The predicted molar refractivity (Wildman–Crippen MR) is 80.2 cm³/mol. The molecule has 6 nitrogen and oxygen atoms in total. The number of esters is 3. The molecule has 0 amide bonds. The van der Waals surface area contributed by atoms with Gasteiger partial charge in [0.25, 0.3) is 0 Å². The smallest absolute Gasteiger partial charge is 0.348 e. The summed E-state index contributed by atoms with van der Waals surface area (Å²) in [6.07, 6.45) is -1.19. The topological polar surface area (TPSA) is 78.9 Å². The van der Waals surface area contributed by atoms with E-state index < -0.39 is 29.6 Å². The van der Waals surface area contributed by atoms with Crippen molar-refractivity contribution in [3.05, 3.63) is 48.0 Å². The Balaban J connectivity index is 2.16. The van der Waals surface area contributed by atoms with Gasteiger partial charge < -0.3 is 14.2 Å². The van der Waals surface area contributed by atoms with Crippen LogP contribution in [0, 0.1) is 0 Å². The summed E-state index contributed by atoms with van der Waals surface area (Å²) in [5.41, 5.74) is -0.362. The van der Waals surface area contributed by atoms with Gasteiger partial charge >= 0.3 is 17.9 Å². The Morgan fingerprint density at radius 3 is 2.48 bits per heavy atom. The lowest BCUT2D eigenvalue weighted by Gasteiger charge is -2.28. The molecular weight excluding hydrogens is 300 g/mol. The average molecular weight is 318 g/mol. The van der Waals surface area contributed by atoms with Gasteiger partial charge in [0.2, 0.25) is 0 Å². The molecule has 122 valence electrons. The zero-order chi connectivity index (χ0) is 17.0. The van der Waals surface area contributed by atoms with Crippen molar-refractivity contribution >= 4 is 17.9 Å². The van der Waals surface area contributed by atoms with Crippen LogP contribution in [0.25, 0.3) is 0 Å². The van der Waals surface area contributed by atoms with E-state index in [1.54, 1.807) is 24.3 Å². The van der Waals surface area contributed by atoms with Crippen LogP contribution in [0.1, 0.15) is 25.8 Å². The molecule has 6 heteroatoms. The SMILES string of the molecule is C=C(C)C(=O)OC(C)C(=O)OC1(c2ccccc2)COC(=O)C1. The molecule has 1 aromatic rings. The summed E-state index contributed by atoms with van der Waals surface area (Å²) in [4.78, 5) is 35.3. The summed E-state index contributed by atoms with van der Waals surface area (Å²) in [6.45, 7) is 6.27. The van der Waals surface area contributed by atoms with Crippen LogP contribution >= 0.6 is 0 Å². The summed E-state index contributed by atoms with van der Waals surface area (Å²) in [5, 5.41) is 0. The average Bonchev–Trinajstić information content (AvgIpc) is 2.90. The fourth-order valence-electron chi connectivity index (χ4n) is 2.17. The Morgan fingerprint density at radius 1 is 1.30 bits per heavy atom. The second-order valence-electron chi connectivity index (χ2n) is 5.45. The number of ether oxygens (including phenoxy) is 3. The number of hydrogen-bond acceptors (Lipinski definition) is 6. The summed E-state index contributed by atoms with van der Waals surface area (Å²) in [5.74, 6) is -1.88. The van der Waals surface area contributed by atoms with Crippen molar-refractivity contribution in [1.29, 1.82) is 0 Å². The van der Waals surface area contributed by atoms with Gasteiger partial charge in [0.1, 0.15) is 6.61 Å². The van der Waals surface area contributed by atoms with E-state index in [4.69, 9.17) is 14.2 Å². The minimum atomic E-state index is -1.20. The van der Waals surface area contributed by atoms with E-state index in [9.17, 15) is 14.4 Å². The van der Waals surface area contributed by atoms with Crippen LogP contribution in [-0.4, -0.2) is 30.6 Å². The van der Waals surface area contributed by atoms with Gasteiger partial charge in [0, 0.05) is 5.57 Å². The Labute approximate surface area is 134 Å². The maximum Gasteiger partial charge on any atom is 0.348 e. The maximum absolute atomic E-state index is 12.2. The lowest BCUT2D eigenvalue weighted by molar-refractivity contribution is -0.177. The van der Waals surface area contributed by atoms with Crippen LogP contribution < -0.4 is 0 Å². The summed E-state index contributed by atoms with van der Waals surface area (Å²) < 4.78 is 15.4. The molecule has 0 saturated carbocycles. The molecule has 1 aromatic carbocycles. The van der Waals surface area contributed by atoms with Gasteiger partial charge in [0.05, 0.1) is 6.42 Å². The highest BCUT2D eigenvalue weighted by Gasteiger charge is 2.46. The van der Waals surface area contributed by atoms with Crippen molar-refractivity contribution in [2.45, 2.75) is 32.0 Å². The first-order valence-electron chi connectivity index (χ1n) is 7.14. The van der Waals surface area contributed by atoms with Crippen molar-refractivity contribution in [1.82, 2.24) is 0 Å². The molecule has 1 saturated heterocycles. The molecular formula is C17H18O6. The van der Waals surface area contributed by atoms with Gasteiger partial charge in [0.15, 0.2) is 11.7 Å². The zero-order valence-corrected chi connectivity index (χ0v) is 13.0. The van der Waals surface area contributed by atoms with Crippen LogP contribution in [0.15, 0.2) is 42.5 Å². The lowest BCUT2D eigenvalue weighted by Crippen LogP contribution is -2.38. The number of benzene rings is 1. The molecule has 2 rings (SSSR count). The summed E-state index contributed by atoms with van der Waals surface area (Å²) in [6, 6.07) is 8.87. The first kappa shape index (κ1) is 16.7. The Morgan fingerprint density at radius 2 is 1.96 bits per heavy atom. The first-order valence-corrected chi connectivity index (χ1v) is 7.14. The molecule has 0 radical (unpaired) electrons. The number of hydrogen-bond donors (Lipinski definition) is 0. The van der Waals surface area contributed by atoms with E-state index in [0.29, 0.717) is 5.56 Å². The molecule has 1 aliphatic heterocycles. The van der Waals surface area contributed by atoms with Gasteiger partial charge in [-0.2, -0.15) is 0 Å². The predicted octanol–water partition coefficient (Wildman–Crippen LogP) is 1.88. The highest BCUT2D eigenvalue weighted by atomic mass is 16.6. The van der Waals surface area contributed by atoms with Crippen LogP contribution in [-0.2, 0) is 34.2 Å². The van der Waals surface area contributed by atoms with Crippen molar-refractivity contribution in [3.63, 3.8) is 0 Å². The molecule has 0 N–H and O–H groups in total. The van der Waals surface area contributed by atoms with Gasteiger partial charge in [-0.3, -0.25) is 4.79 Å².